The van der Waals surface area contributed by atoms with Gasteiger partial charge in [0.25, 0.3) is 0 Å². The number of esters is 1. The number of piperidine rings is 4. The van der Waals surface area contributed by atoms with Crippen LogP contribution in [-0.2, 0) is 19.1 Å². The number of nitrogens with zero attached hydrogens (tertiary/aromatic N) is 2. The molecule has 4 fully saturated rings. The highest BCUT2D eigenvalue weighted by Gasteiger charge is 2.53. The third-order valence-corrected chi connectivity index (χ3v) is 6.83. The summed E-state index contributed by atoms with van der Waals surface area (Å²) < 4.78 is 5.67. The van der Waals surface area contributed by atoms with Crippen molar-refractivity contribution >= 4 is 17.8 Å². The first-order chi connectivity index (χ1) is 12.5. The van der Waals surface area contributed by atoms with Gasteiger partial charge in [0, 0.05) is 50.0 Å². The van der Waals surface area contributed by atoms with Gasteiger partial charge >= 0.3 is 5.97 Å². The summed E-state index contributed by atoms with van der Waals surface area (Å²) in [5.41, 5.74) is 0.617. The minimum atomic E-state index is -0.263. The van der Waals surface area contributed by atoms with Gasteiger partial charge in [-0.15, -0.1) is 0 Å². The second kappa shape index (κ2) is 6.71. The predicted octanol–water partition coefficient (Wildman–Crippen LogP) is 1.89. The molecule has 0 aliphatic carbocycles. The summed E-state index contributed by atoms with van der Waals surface area (Å²) in [5, 5.41) is 0. The summed E-state index contributed by atoms with van der Waals surface area (Å²) in [4.78, 5) is 41.6. The van der Waals surface area contributed by atoms with E-state index >= 15 is 0 Å². The van der Waals surface area contributed by atoms with E-state index in [1.165, 1.54) is 0 Å². The highest BCUT2D eigenvalue weighted by Crippen LogP contribution is 2.44. The van der Waals surface area contributed by atoms with Gasteiger partial charge in [0.15, 0.2) is 0 Å². The number of carbonyl (C=O) groups is 3. The van der Waals surface area contributed by atoms with Crippen LogP contribution < -0.4 is 0 Å². The maximum absolute atomic E-state index is 13.1. The van der Waals surface area contributed by atoms with Gasteiger partial charge in [-0.3, -0.25) is 9.59 Å². The van der Waals surface area contributed by atoms with E-state index in [1.807, 2.05) is 16.7 Å². The SMILES string of the molecule is C/C=C(\C)C(=O)O[C@@H]1CCN2C(=O)[C@@H]3C[C@@H](CN4C(=O)CCC[C@@H]34)[C@@H]2C1. The molecule has 4 aliphatic rings. The largest absolute Gasteiger partial charge is 0.459 e. The lowest BCUT2D eigenvalue weighted by molar-refractivity contribution is -0.170. The smallest absolute Gasteiger partial charge is 0.333 e. The molecule has 4 heterocycles. The lowest BCUT2D eigenvalue weighted by atomic mass is 9.70. The molecule has 4 rings (SSSR count). The van der Waals surface area contributed by atoms with Gasteiger partial charge in [-0.05, 0) is 39.0 Å². The lowest BCUT2D eigenvalue weighted by Crippen LogP contribution is -2.67. The molecule has 6 nitrogen and oxygen atoms in total. The summed E-state index contributed by atoms with van der Waals surface area (Å²) in [6, 6.07) is 0.195. The molecule has 4 saturated heterocycles. The standard InChI is InChI=1S/C20H28N2O4/c1-3-12(2)20(25)26-14-7-8-21-17(10-14)13-9-15(19(21)24)16-5-4-6-18(23)22(16)11-13/h3,13-17H,4-11H2,1-2H3/b12-3+/t13-,14+,15+,16-,17-/m0/s1. The fourth-order valence-electron chi connectivity index (χ4n) is 5.32. The molecule has 6 heteroatoms. The summed E-state index contributed by atoms with van der Waals surface area (Å²) in [5.74, 6) is 0.435. The first-order valence-electron chi connectivity index (χ1n) is 9.93. The number of amides is 2. The van der Waals surface area contributed by atoms with E-state index in [0.29, 0.717) is 37.3 Å². The van der Waals surface area contributed by atoms with Crippen molar-refractivity contribution in [2.24, 2.45) is 11.8 Å². The number of ether oxygens (including phenoxy) is 1. The molecular weight excluding hydrogens is 332 g/mol. The van der Waals surface area contributed by atoms with Crippen molar-refractivity contribution in [1.82, 2.24) is 9.80 Å². The zero-order chi connectivity index (χ0) is 18.4. The van der Waals surface area contributed by atoms with Gasteiger partial charge in [0.05, 0.1) is 5.92 Å². The molecule has 26 heavy (non-hydrogen) atoms. The topological polar surface area (TPSA) is 66.9 Å². The van der Waals surface area contributed by atoms with Crippen LogP contribution in [0.1, 0.15) is 52.4 Å². The molecule has 0 radical (unpaired) electrons. The fraction of sp³-hybridized carbons (Fsp3) is 0.750. The average molecular weight is 360 g/mol. The first-order valence-corrected chi connectivity index (χ1v) is 9.93. The fourth-order valence-corrected chi connectivity index (χ4v) is 5.32. The molecule has 142 valence electrons. The number of hydrogen-bond acceptors (Lipinski definition) is 4. The Bertz CT molecular complexity index is 658. The summed E-state index contributed by atoms with van der Waals surface area (Å²) in [6.07, 6.45) is 6.37. The molecule has 2 amide bonds. The van der Waals surface area contributed by atoms with E-state index in [9.17, 15) is 14.4 Å². The molecule has 0 N–H and O–H groups in total. The van der Waals surface area contributed by atoms with Crippen LogP contribution >= 0.6 is 0 Å². The van der Waals surface area contributed by atoms with Gasteiger partial charge < -0.3 is 14.5 Å². The Kier molecular flexibility index (Phi) is 4.53. The van der Waals surface area contributed by atoms with Crippen molar-refractivity contribution in [1.29, 1.82) is 0 Å². The highest BCUT2D eigenvalue weighted by atomic mass is 16.5. The first kappa shape index (κ1) is 17.6. The van der Waals surface area contributed by atoms with Crippen molar-refractivity contribution in [3.8, 4) is 0 Å². The number of hydrogen-bond donors (Lipinski definition) is 0. The minimum Gasteiger partial charge on any atom is -0.459 e. The van der Waals surface area contributed by atoms with Gasteiger partial charge in [0.2, 0.25) is 11.8 Å². The second-order valence-corrected chi connectivity index (χ2v) is 8.23. The molecule has 0 spiro atoms. The van der Waals surface area contributed by atoms with Crippen LogP contribution in [0.2, 0.25) is 0 Å². The van der Waals surface area contributed by atoms with Crippen LogP contribution in [0, 0.1) is 11.8 Å². The lowest BCUT2D eigenvalue weighted by Gasteiger charge is -2.56. The van der Waals surface area contributed by atoms with Crippen LogP contribution in [0.5, 0.6) is 0 Å². The minimum absolute atomic E-state index is 0.0291. The quantitative estimate of drug-likeness (QED) is 0.557. The Balaban J connectivity index is 1.50. The van der Waals surface area contributed by atoms with Gasteiger partial charge in [0.1, 0.15) is 6.10 Å². The third-order valence-electron chi connectivity index (χ3n) is 6.83. The Hall–Kier alpha value is -1.85. The van der Waals surface area contributed by atoms with Crippen LogP contribution in [0.25, 0.3) is 0 Å². The van der Waals surface area contributed by atoms with E-state index in [-0.39, 0.29) is 41.9 Å². The van der Waals surface area contributed by atoms with Gasteiger partial charge in [-0.2, -0.15) is 0 Å². The molecular formula is C20H28N2O4. The summed E-state index contributed by atoms with van der Waals surface area (Å²) in [7, 11) is 0. The van der Waals surface area contributed by atoms with Crippen molar-refractivity contribution in [3.63, 3.8) is 0 Å². The van der Waals surface area contributed by atoms with Gasteiger partial charge in [-0.25, -0.2) is 4.79 Å². The van der Waals surface area contributed by atoms with E-state index in [1.54, 1.807) is 13.0 Å². The monoisotopic (exact) mass is 360 g/mol. The Morgan fingerprint density at radius 2 is 1.96 bits per heavy atom. The average Bonchev–Trinajstić information content (AvgIpc) is 2.65. The van der Waals surface area contributed by atoms with Crippen LogP contribution in [-0.4, -0.2) is 58.9 Å². The van der Waals surface area contributed by atoms with Crippen molar-refractivity contribution < 1.29 is 19.1 Å². The molecule has 0 unspecified atom stereocenters. The maximum atomic E-state index is 13.1. The Morgan fingerprint density at radius 3 is 2.73 bits per heavy atom. The van der Waals surface area contributed by atoms with Crippen molar-refractivity contribution in [2.75, 3.05) is 13.1 Å². The Morgan fingerprint density at radius 1 is 1.15 bits per heavy atom. The van der Waals surface area contributed by atoms with E-state index in [4.69, 9.17) is 4.74 Å². The molecule has 0 saturated carbocycles. The molecule has 2 bridgehead atoms. The molecule has 4 aliphatic heterocycles. The number of carbonyl (C=O) groups excluding carboxylic acids is 3. The number of fused-ring (bicyclic) bond motifs is 6. The van der Waals surface area contributed by atoms with E-state index in [0.717, 1.165) is 25.8 Å². The Labute approximate surface area is 154 Å². The second-order valence-electron chi connectivity index (χ2n) is 8.23. The van der Waals surface area contributed by atoms with Crippen molar-refractivity contribution in [3.05, 3.63) is 11.6 Å². The summed E-state index contributed by atoms with van der Waals surface area (Å²) >= 11 is 0. The molecule has 0 aromatic heterocycles. The van der Waals surface area contributed by atoms with Gasteiger partial charge in [-0.1, -0.05) is 6.08 Å². The van der Waals surface area contributed by atoms with Crippen LogP contribution in [0.15, 0.2) is 11.6 Å². The number of rotatable bonds is 2. The molecule has 0 aromatic carbocycles. The maximum Gasteiger partial charge on any atom is 0.333 e. The van der Waals surface area contributed by atoms with Crippen molar-refractivity contribution in [2.45, 2.75) is 70.6 Å². The predicted molar refractivity (Wildman–Crippen MR) is 95.0 cm³/mol. The zero-order valence-electron chi connectivity index (χ0n) is 15.6. The highest BCUT2D eigenvalue weighted by molar-refractivity contribution is 5.88. The van der Waals surface area contributed by atoms with Crippen LogP contribution in [0.4, 0.5) is 0 Å². The van der Waals surface area contributed by atoms with Crippen LogP contribution in [0.3, 0.4) is 0 Å². The summed E-state index contributed by atoms with van der Waals surface area (Å²) in [6.45, 7) is 5.00. The normalized spacial score (nSPS) is 37.2. The number of allylic oxidation sites excluding steroid dienone is 1. The molecule has 5 atom stereocenters. The zero-order valence-corrected chi connectivity index (χ0v) is 15.6. The third kappa shape index (κ3) is 2.83. The van der Waals surface area contributed by atoms with E-state index in [2.05, 4.69) is 0 Å². The van der Waals surface area contributed by atoms with E-state index < -0.39 is 0 Å². The molecule has 0 aromatic rings.